The second-order valence-electron chi connectivity index (χ2n) is 37.8. The molecule has 12 heterocycles. The summed E-state index contributed by atoms with van der Waals surface area (Å²) in [6.45, 7) is -18.3. The Balaban J connectivity index is 0.000000199. The number of rotatable bonds is 22. The fourth-order valence-corrected chi connectivity index (χ4v) is 19.2. The van der Waals surface area contributed by atoms with Crippen molar-refractivity contribution in [3.63, 3.8) is 0 Å². The van der Waals surface area contributed by atoms with Gasteiger partial charge in [0, 0.05) is 173 Å². The number of aryl methyl sites for hydroxylation is 3. The van der Waals surface area contributed by atoms with Crippen LogP contribution in [0.1, 0.15) is 364 Å². The van der Waals surface area contributed by atoms with Crippen molar-refractivity contribution in [1.29, 1.82) is 0 Å². The predicted octanol–water partition coefficient (Wildman–Crippen LogP) is 19.0. The highest BCUT2D eigenvalue weighted by atomic mass is 16.5. The van der Waals surface area contributed by atoms with E-state index in [4.69, 9.17) is 140 Å². The van der Waals surface area contributed by atoms with Crippen molar-refractivity contribution in [1.82, 2.24) is 29.4 Å². The lowest BCUT2D eigenvalue weighted by Gasteiger charge is -2.47. The zero-order valence-corrected chi connectivity index (χ0v) is 82.5. The molecule has 6 fully saturated rings. The van der Waals surface area contributed by atoms with Gasteiger partial charge in [-0.15, -0.1) is 0 Å². The molecule has 0 spiro atoms. The van der Waals surface area contributed by atoms with Gasteiger partial charge in [0.2, 0.25) is 0 Å². The third kappa shape index (κ3) is 26.3. The van der Waals surface area contributed by atoms with Crippen LogP contribution in [0.25, 0.3) is 0 Å². The first-order chi connectivity index (χ1) is 91.7. The quantitative estimate of drug-likeness (QED) is 0.0369. The molecule has 0 amide bonds. The minimum Gasteiger partial charge on any atom is -0.493 e. The highest BCUT2D eigenvalue weighted by molar-refractivity contribution is 5.55. The molecule has 780 valence electrons. The van der Waals surface area contributed by atoms with Crippen LogP contribution in [0.15, 0.2) is 72.7 Å². The summed E-state index contributed by atoms with van der Waals surface area (Å²) in [5.41, 5.74) is -8.33. The van der Waals surface area contributed by atoms with Crippen LogP contribution in [0.3, 0.4) is 0 Å². The van der Waals surface area contributed by atoms with Crippen molar-refractivity contribution >= 4 is 0 Å². The van der Waals surface area contributed by atoms with Crippen LogP contribution in [0.5, 0.6) is 69.0 Å². The highest BCUT2D eigenvalue weighted by Gasteiger charge is 2.47. The molecule has 0 bridgehead atoms. The molecule has 6 saturated heterocycles. The van der Waals surface area contributed by atoms with E-state index < -0.39 is 282 Å². The molecule has 12 aliphatic rings. The Kier molecular flexibility index (Phi) is 18.3. The zero-order chi connectivity index (χ0) is 157. The van der Waals surface area contributed by atoms with Crippen molar-refractivity contribution in [3.05, 3.63) is 139 Å². The second-order valence-corrected chi connectivity index (χ2v) is 37.8. The van der Waals surface area contributed by atoms with Crippen LogP contribution in [-0.4, -0.2) is 260 Å². The predicted molar refractivity (Wildman–Crippen MR) is 556 cm³/mol. The van der Waals surface area contributed by atoms with Gasteiger partial charge in [-0.3, -0.25) is 29.4 Å². The molecule has 6 aromatic rings. The van der Waals surface area contributed by atoms with E-state index >= 15 is 0 Å². The average molecular weight is 2010 g/mol. The first-order valence-corrected chi connectivity index (χ1v) is 46.5. The topological polar surface area (TPSA) is 252 Å². The summed E-state index contributed by atoms with van der Waals surface area (Å²) in [5, 5.41) is 66.5. The number of hydrogen-bond donors (Lipinski definition) is 6. The Labute approximate surface area is 929 Å². The minimum atomic E-state index is -4.72. The fourth-order valence-electron chi connectivity index (χ4n) is 19.2. The van der Waals surface area contributed by atoms with Crippen LogP contribution in [0.4, 0.5) is 0 Å². The van der Waals surface area contributed by atoms with E-state index in [2.05, 4.69) is 56.2 Å². The Hall–Kier alpha value is -7.56. The van der Waals surface area contributed by atoms with Crippen molar-refractivity contribution in [2.24, 2.45) is 69.9 Å². The smallest absolute Gasteiger partial charge is 0.161 e. The lowest BCUT2D eigenvalue weighted by atomic mass is 9.75. The molecule has 0 saturated carbocycles. The van der Waals surface area contributed by atoms with Crippen molar-refractivity contribution < 1.29 is 175 Å². The standard InChI is InChI=1S/2C20H31NO3.4C19H29NO3/c2*1-20(2,3)11-14-12-21-7-6-13-8-18(23-4)19(24-5)9-15(13)16(21)10-17(14)22;4*1-12(2)7-14-11-20-6-5-13-8-18(22-3)19(23-4)9-15(13)16(20)10-17(14)21/h2*8-9,14,16-17,22H,6-7,10-12H2,1-5H3;4*8-9,12,14,16-17,21H,5-7,10-11H2,1-4H3/i1D3,2D3,5D3,6D2,7D2,10D2,11D2,12D2,14D,16D,17D;1D3,2D3,6D2,7D2,10D2,11D2,12D2,14D,16D,17D;4D3,5D2,6D2,10D2,11D2,14D,16D,17D;4D3,8D,9D;2*8D,9D. The number of aliphatic hydroxyl groups is 6. The molecule has 18 rings (SSSR count). The van der Waals surface area contributed by atoms with Gasteiger partial charge in [0.05, 0.1) is 150 Å². The number of fused-ring (bicyclic) bond motifs is 18. The molecule has 6 aromatic carbocycles. The fraction of sp³-hybridized carbons (Fsp3) is 0.690. The van der Waals surface area contributed by atoms with E-state index in [1.54, 1.807) is 0 Å². The maximum Gasteiger partial charge on any atom is 0.161 e. The molecule has 24 heteroatoms. The molecule has 12 aliphatic heterocycles. The van der Waals surface area contributed by atoms with Crippen LogP contribution >= 0.6 is 0 Å². The van der Waals surface area contributed by atoms with Gasteiger partial charge >= 0.3 is 0 Å². The summed E-state index contributed by atoms with van der Waals surface area (Å²) in [5.74, 6) is -12.5. The second kappa shape index (κ2) is 48.6. The van der Waals surface area contributed by atoms with Gasteiger partial charge < -0.3 is 87.5 Å². The van der Waals surface area contributed by atoms with E-state index in [1.165, 1.54) is 49.4 Å². The molecule has 140 heavy (non-hydrogen) atoms. The molecular weight excluding hydrogens is 1770 g/mol. The summed E-state index contributed by atoms with van der Waals surface area (Å²) in [6, 6.07) is -5.74. The van der Waals surface area contributed by atoms with E-state index in [9.17, 15) is 34.8 Å². The number of methoxy groups -OCH3 is 12. The summed E-state index contributed by atoms with van der Waals surface area (Å²) in [6.07, 6.45) is -39.5. The maximum atomic E-state index is 11.6. The lowest BCUT2D eigenvalue weighted by Crippen LogP contribution is -2.48. The first-order valence-electron chi connectivity index (χ1n) is 78.5. The number of nitrogens with zero attached hydrogens (tertiary/aromatic N) is 6. The van der Waals surface area contributed by atoms with Crippen LogP contribution < -0.4 is 56.8 Å². The number of aliphatic hydroxyl groups excluding tert-OH is 3. The van der Waals surface area contributed by atoms with Gasteiger partial charge in [-0.25, -0.2) is 0 Å². The molecule has 18 atom stereocenters. The van der Waals surface area contributed by atoms with Crippen molar-refractivity contribution in [3.8, 4) is 69.0 Å². The van der Waals surface area contributed by atoms with Gasteiger partial charge in [-0.05, 0) is 325 Å². The van der Waals surface area contributed by atoms with Crippen LogP contribution in [0.2, 0.25) is 0 Å². The Morgan fingerprint density at radius 1 is 0.343 bits per heavy atom. The summed E-state index contributed by atoms with van der Waals surface area (Å²) in [7, 11) is 2.58. The van der Waals surface area contributed by atoms with Crippen molar-refractivity contribution in [2.75, 3.05) is 163 Å². The Morgan fingerprint density at radius 3 is 0.879 bits per heavy atom. The first kappa shape index (κ1) is 52.7. The highest BCUT2D eigenvalue weighted by Crippen LogP contribution is 2.53. The number of hydrogen-bond acceptors (Lipinski definition) is 24. The monoisotopic (exact) mass is 2010 g/mol. The maximum absolute atomic E-state index is 11.6. The molecule has 0 aliphatic carbocycles. The number of benzene rings is 6. The Bertz CT molecular complexity index is 8050. The van der Waals surface area contributed by atoms with E-state index in [0.717, 1.165) is 146 Å². The summed E-state index contributed by atoms with van der Waals surface area (Å²) in [4.78, 5) is 5.80. The average Bonchev–Trinajstić information content (AvgIpc) is 0.628. The van der Waals surface area contributed by atoms with E-state index in [-0.39, 0.29) is 108 Å². The third-order valence-corrected chi connectivity index (χ3v) is 25.5. The third-order valence-electron chi connectivity index (χ3n) is 25.5. The van der Waals surface area contributed by atoms with E-state index in [0.29, 0.717) is 114 Å². The molecule has 24 nitrogen and oxygen atoms in total. The molecule has 0 aromatic heterocycles. The SMILES string of the molecule is [2H]C([2H])([2H])C(C)(C([2H])([2H])[2H])C([2H])([2H])C1([2H])C([2H])([2H])N2C([2H])([2H])C([2H])([2H])c3cc(OC)c(OC)cc3C2([2H])C([2H])([2H])C1([2H])O.[2H]C([2H])([2H])Oc1cc2c(cc1OC)C([2H])([2H])C([2H])([2H])N1C([2H])([2H])C([2H])(C([2H])([2H])C(C)(C([2H])([2H])[2H])C([2H])([2H])[2H])C([2H])(O)C([2H])([2H])C21[2H].[2H]C([2H])([2H])Oc1cc2c(cc1OC)C([2H])([2H])C([2H])([2H])N1C([2H])([2H])C([2H])(CC(C)C)C([2H])(O)C([2H])([2H])C21[2H].[2H]c1c2c(c([2H])c(OC([2H])([2H])[2H])c1OC)C1CC(O)C(CC(C)C)CN1CC2.[2H]c1c2c(c([2H])c(OC)c1OC)C1CC(O)C(CC(C)C)CN1CC2.[2H]c1c2c(c([2H])c(OC)c1OC)C1CC(O)C(CC(C)C)CN1CC2. The summed E-state index contributed by atoms with van der Waals surface area (Å²) < 4.78 is 601. The van der Waals surface area contributed by atoms with Gasteiger partial charge in [0.1, 0.15) is 0 Å². The van der Waals surface area contributed by atoms with Crippen molar-refractivity contribution in [2.45, 2.75) is 285 Å². The van der Waals surface area contributed by atoms with Crippen LogP contribution in [-0.2, 0) is 38.4 Å². The lowest BCUT2D eigenvalue weighted by molar-refractivity contribution is -0.0259. The van der Waals surface area contributed by atoms with Gasteiger partial charge in [-0.1, -0.05) is 96.6 Å². The molecule has 0 radical (unpaired) electrons. The normalized spacial score (nSPS) is 44.0. The number of piperidine rings is 6. The number of ether oxygens (including phenoxy) is 12. The minimum absolute atomic E-state index is 0.0117. The van der Waals surface area contributed by atoms with Crippen LogP contribution in [0, 0.1) is 69.9 Å². The largest absolute Gasteiger partial charge is 0.493 e. The van der Waals surface area contributed by atoms with E-state index in [1.807, 2.05) is 0 Å². The Morgan fingerprint density at radius 2 is 0.600 bits per heavy atom. The van der Waals surface area contributed by atoms with Gasteiger partial charge in [0.15, 0.2) is 69.0 Å². The molecule has 18 unspecified atom stereocenters. The van der Waals surface area contributed by atoms with Gasteiger partial charge in [-0.2, -0.15) is 0 Å². The molecular formula is C116H178N6O18. The zero-order valence-electron chi connectivity index (χ0n) is 147. The molecule has 6 N–H and O–H groups in total. The summed E-state index contributed by atoms with van der Waals surface area (Å²) >= 11 is 0. The van der Waals surface area contributed by atoms with Gasteiger partial charge in [0.25, 0.3) is 0 Å².